The summed E-state index contributed by atoms with van der Waals surface area (Å²) in [5, 5.41) is 0.412. The van der Waals surface area contributed by atoms with Gasteiger partial charge in [-0.05, 0) is 35.9 Å². The second kappa shape index (κ2) is 10.4. The van der Waals surface area contributed by atoms with Crippen LogP contribution in [0.4, 0.5) is 4.79 Å². The Morgan fingerprint density at radius 2 is 2.08 bits per heavy atom. The third-order valence-electron chi connectivity index (χ3n) is 3.63. The van der Waals surface area contributed by atoms with Crippen molar-refractivity contribution < 1.29 is 9.53 Å². The quantitative estimate of drug-likeness (QED) is 0.420. The third-order valence-corrected chi connectivity index (χ3v) is 4.90. The number of nitrogens with zero attached hydrogens (tertiary/aromatic N) is 2. The lowest BCUT2D eigenvalue weighted by atomic mass is 10.1. The van der Waals surface area contributed by atoms with Gasteiger partial charge in [0.2, 0.25) is 0 Å². The molecule has 0 fully saturated rings. The van der Waals surface area contributed by atoms with Gasteiger partial charge in [-0.25, -0.2) is 9.78 Å². The van der Waals surface area contributed by atoms with Crippen molar-refractivity contribution in [3.8, 4) is 0 Å². The van der Waals surface area contributed by atoms with Crippen molar-refractivity contribution >= 4 is 28.7 Å². The summed E-state index contributed by atoms with van der Waals surface area (Å²) in [6.07, 6.45) is 9.75. The van der Waals surface area contributed by atoms with E-state index >= 15 is 0 Å². The van der Waals surface area contributed by atoms with Crippen molar-refractivity contribution in [2.24, 2.45) is 0 Å². The van der Waals surface area contributed by atoms with E-state index in [4.69, 9.17) is 16.3 Å². The summed E-state index contributed by atoms with van der Waals surface area (Å²) in [6.45, 7) is 3.30. The highest BCUT2D eigenvalue weighted by molar-refractivity contribution is 8.13. The molecule has 0 saturated carbocycles. The standard InChI is InChI=1S/C18H23ClN2O2S/c1-2-3-4-5-12-23-18(22)24-17(13-21-11-10-20-14-21)15-6-8-16(19)9-7-15/h6-11,14,17H,2-5,12-13H2,1H3. The van der Waals surface area contributed by atoms with Crippen LogP contribution in [0.15, 0.2) is 43.0 Å². The summed E-state index contributed by atoms with van der Waals surface area (Å²) in [6, 6.07) is 7.58. The molecule has 2 rings (SSSR count). The molecule has 2 aromatic rings. The van der Waals surface area contributed by atoms with Gasteiger partial charge in [0.05, 0.1) is 18.2 Å². The molecule has 0 aliphatic carbocycles. The number of hydrogen-bond acceptors (Lipinski definition) is 4. The van der Waals surface area contributed by atoms with Gasteiger partial charge in [0, 0.05) is 24.0 Å². The van der Waals surface area contributed by atoms with Gasteiger partial charge in [-0.3, -0.25) is 0 Å². The van der Waals surface area contributed by atoms with E-state index in [0.717, 1.165) is 18.4 Å². The molecule has 0 saturated heterocycles. The van der Waals surface area contributed by atoms with Crippen molar-refractivity contribution in [1.29, 1.82) is 0 Å². The van der Waals surface area contributed by atoms with Crippen LogP contribution in [0.3, 0.4) is 0 Å². The SMILES string of the molecule is CCCCCCOC(=O)SC(Cn1ccnc1)c1ccc(Cl)cc1. The molecule has 0 bridgehead atoms. The van der Waals surface area contributed by atoms with Gasteiger partial charge in [-0.15, -0.1) is 0 Å². The summed E-state index contributed by atoms with van der Waals surface area (Å²) in [5.41, 5.74) is 1.04. The van der Waals surface area contributed by atoms with E-state index in [1.54, 1.807) is 12.5 Å². The molecular weight excluding hydrogens is 344 g/mol. The number of thioether (sulfide) groups is 1. The second-order valence-electron chi connectivity index (χ2n) is 5.58. The first-order chi connectivity index (χ1) is 11.7. The molecule has 4 nitrogen and oxygen atoms in total. The molecular formula is C18H23ClN2O2S. The Hall–Kier alpha value is -1.46. The van der Waals surface area contributed by atoms with Crippen LogP contribution in [-0.2, 0) is 11.3 Å². The van der Waals surface area contributed by atoms with Crippen LogP contribution in [0.2, 0.25) is 5.02 Å². The molecule has 0 radical (unpaired) electrons. The summed E-state index contributed by atoms with van der Waals surface area (Å²) >= 11 is 7.17. The van der Waals surface area contributed by atoms with E-state index in [1.165, 1.54) is 24.6 Å². The zero-order chi connectivity index (χ0) is 17.2. The Morgan fingerprint density at radius 1 is 1.29 bits per heavy atom. The number of carbonyl (C=O) groups excluding carboxylic acids is 1. The normalized spacial score (nSPS) is 12.1. The predicted molar refractivity (Wildman–Crippen MR) is 99.5 cm³/mol. The van der Waals surface area contributed by atoms with E-state index in [1.807, 2.05) is 35.0 Å². The maximum absolute atomic E-state index is 12.1. The van der Waals surface area contributed by atoms with Crippen LogP contribution in [0, 0.1) is 0 Å². The number of halogens is 1. The molecule has 0 aliphatic rings. The van der Waals surface area contributed by atoms with Crippen LogP contribution in [0.1, 0.15) is 43.4 Å². The van der Waals surface area contributed by atoms with Gasteiger partial charge in [-0.2, -0.15) is 0 Å². The molecule has 1 atom stereocenters. The van der Waals surface area contributed by atoms with Gasteiger partial charge in [-0.1, -0.05) is 49.9 Å². The van der Waals surface area contributed by atoms with E-state index < -0.39 is 0 Å². The zero-order valence-electron chi connectivity index (χ0n) is 13.9. The average Bonchev–Trinajstić information content (AvgIpc) is 3.08. The van der Waals surface area contributed by atoms with Gasteiger partial charge < -0.3 is 9.30 Å². The number of benzene rings is 1. The fourth-order valence-electron chi connectivity index (χ4n) is 2.31. The number of carbonyl (C=O) groups is 1. The maximum Gasteiger partial charge on any atom is 0.367 e. The Kier molecular flexibility index (Phi) is 8.19. The maximum atomic E-state index is 12.1. The van der Waals surface area contributed by atoms with Crippen LogP contribution in [-0.4, -0.2) is 21.5 Å². The summed E-state index contributed by atoms with van der Waals surface area (Å²) < 4.78 is 7.32. The average molecular weight is 367 g/mol. The Morgan fingerprint density at radius 3 is 2.75 bits per heavy atom. The molecule has 24 heavy (non-hydrogen) atoms. The first-order valence-electron chi connectivity index (χ1n) is 8.23. The molecule has 0 N–H and O–H groups in total. The number of rotatable bonds is 9. The second-order valence-corrected chi connectivity index (χ2v) is 7.15. The molecule has 1 heterocycles. The predicted octanol–water partition coefficient (Wildman–Crippen LogP) is 5.73. The van der Waals surface area contributed by atoms with Crippen molar-refractivity contribution in [3.63, 3.8) is 0 Å². The molecule has 1 aromatic heterocycles. The fraction of sp³-hybridized carbons (Fsp3) is 0.444. The highest BCUT2D eigenvalue weighted by atomic mass is 35.5. The summed E-state index contributed by atoms with van der Waals surface area (Å²) in [7, 11) is 0. The molecule has 0 amide bonds. The first kappa shape index (κ1) is 18.9. The minimum Gasteiger partial charge on any atom is -0.458 e. The molecule has 1 aromatic carbocycles. The number of imidazole rings is 1. The third kappa shape index (κ3) is 6.57. The zero-order valence-corrected chi connectivity index (χ0v) is 15.4. The lowest BCUT2D eigenvalue weighted by Gasteiger charge is -2.17. The molecule has 0 aliphatic heterocycles. The summed E-state index contributed by atoms with van der Waals surface area (Å²) in [4.78, 5) is 16.2. The van der Waals surface area contributed by atoms with Crippen molar-refractivity contribution in [2.75, 3.05) is 6.61 Å². The van der Waals surface area contributed by atoms with Gasteiger partial charge in [0.1, 0.15) is 0 Å². The Labute approximate surface area is 152 Å². The summed E-state index contributed by atoms with van der Waals surface area (Å²) in [5.74, 6) is 0. The Bertz CT molecular complexity index is 602. The Balaban J connectivity index is 1.92. The van der Waals surface area contributed by atoms with E-state index in [-0.39, 0.29) is 10.6 Å². The van der Waals surface area contributed by atoms with E-state index in [9.17, 15) is 4.79 Å². The van der Waals surface area contributed by atoms with Gasteiger partial charge in [0.15, 0.2) is 0 Å². The minimum absolute atomic E-state index is 0.0420. The van der Waals surface area contributed by atoms with Crippen LogP contribution in [0.5, 0.6) is 0 Å². The van der Waals surface area contributed by atoms with Gasteiger partial charge >= 0.3 is 5.30 Å². The first-order valence-corrected chi connectivity index (χ1v) is 9.49. The highest BCUT2D eigenvalue weighted by Gasteiger charge is 2.18. The monoisotopic (exact) mass is 366 g/mol. The van der Waals surface area contributed by atoms with E-state index in [2.05, 4.69) is 11.9 Å². The number of aromatic nitrogens is 2. The molecule has 0 spiro atoms. The lowest BCUT2D eigenvalue weighted by molar-refractivity contribution is 0.172. The van der Waals surface area contributed by atoms with Crippen LogP contribution < -0.4 is 0 Å². The fourth-order valence-corrected chi connectivity index (χ4v) is 3.36. The number of unbranched alkanes of at least 4 members (excludes halogenated alkanes) is 3. The van der Waals surface area contributed by atoms with E-state index in [0.29, 0.717) is 18.2 Å². The van der Waals surface area contributed by atoms with Gasteiger partial charge in [0.25, 0.3) is 0 Å². The molecule has 1 unspecified atom stereocenters. The van der Waals surface area contributed by atoms with Crippen LogP contribution in [0.25, 0.3) is 0 Å². The topological polar surface area (TPSA) is 44.1 Å². The molecule has 130 valence electrons. The minimum atomic E-state index is -0.230. The number of ether oxygens (including phenoxy) is 1. The highest BCUT2D eigenvalue weighted by Crippen LogP contribution is 2.32. The largest absolute Gasteiger partial charge is 0.458 e. The van der Waals surface area contributed by atoms with Crippen molar-refractivity contribution in [1.82, 2.24) is 9.55 Å². The van der Waals surface area contributed by atoms with Crippen molar-refractivity contribution in [2.45, 2.75) is 44.4 Å². The lowest BCUT2D eigenvalue weighted by Crippen LogP contribution is -2.09. The van der Waals surface area contributed by atoms with Crippen LogP contribution >= 0.6 is 23.4 Å². The van der Waals surface area contributed by atoms with Crippen molar-refractivity contribution in [3.05, 3.63) is 53.6 Å². The smallest absolute Gasteiger partial charge is 0.367 e. The molecule has 6 heteroatoms. The number of hydrogen-bond donors (Lipinski definition) is 0.